The van der Waals surface area contributed by atoms with E-state index >= 15 is 0 Å². The Morgan fingerprint density at radius 2 is 2.21 bits per heavy atom. The number of benzene rings is 1. The van der Waals surface area contributed by atoms with E-state index in [0.717, 1.165) is 28.4 Å². The third kappa shape index (κ3) is 4.05. The fraction of sp³-hybridized carbons (Fsp3) is 0.500. The molecule has 1 N–H and O–H groups in total. The van der Waals surface area contributed by atoms with E-state index in [-0.39, 0.29) is 16.6 Å². The summed E-state index contributed by atoms with van der Waals surface area (Å²) in [5, 5.41) is 21.5. The maximum Gasteiger partial charge on any atom is 0.292 e. The van der Waals surface area contributed by atoms with Gasteiger partial charge in [-0.15, -0.1) is 0 Å². The minimum absolute atomic E-state index is 0.00410. The third-order valence-corrected chi connectivity index (χ3v) is 5.50. The molecule has 0 aromatic heterocycles. The van der Waals surface area contributed by atoms with Gasteiger partial charge < -0.3 is 0 Å². The number of nitrogens with zero attached hydrogens (tertiary/aromatic N) is 3. The van der Waals surface area contributed by atoms with Crippen LogP contribution >= 0.6 is 24.0 Å². The van der Waals surface area contributed by atoms with Gasteiger partial charge in [0, 0.05) is 24.2 Å². The minimum atomic E-state index is -0.447. The Morgan fingerprint density at radius 3 is 2.83 bits per heavy atom. The van der Waals surface area contributed by atoms with Crippen LogP contribution < -0.4 is 0 Å². The molecule has 2 rings (SSSR count). The Kier molecular flexibility index (Phi) is 5.82. The molecule has 1 atom stereocenters. The fourth-order valence-electron chi connectivity index (χ4n) is 2.76. The summed E-state index contributed by atoms with van der Waals surface area (Å²) in [4.78, 5) is 12.5. The van der Waals surface area contributed by atoms with E-state index in [4.69, 9.17) is 12.2 Å². The zero-order valence-corrected chi connectivity index (χ0v) is 15.6. The average molecular weight is 369 g/mol. The molecule has 0 radical (unpaired) electrons. The number of thiocarbonyl (C=S) groups is 1. The van der Waals surface area contributed by atoms with Crippen LogP contribution in [0.3, 0.4) is 0 Å². The van der Waals surface area contributed by atoms with Gasteiger partial charge in [-0.3, -0.25) is 20.2 Å². The molecule has 0 aliphatic carbocycles. The van der Waals surface area contributed by atoms with Crippen LogP contribution in [0.5, 0.6) is 0 Å². The average Bonchev–Trinajstić information content (AvgIpc) is 2.73. The molecule has 1 aliphatic rings. The molecule has 0 saturated carbocycles. The van der Waals surface area contributed by atoms with Crippen LogP contribution in [0.2, 0.25) is 0 Å². The molecule has 24 heavy (non-hydrogen) atoms. The Morgan fingerprint density at radius 1 is 1.50 bits per heavy atom. The summed E-state index contributed by atoms with van der Waals surface area (Å²) in [5.41, 5.74) is 0.566. The number of nitro groups is 1. The Bertz CT molecular complexity index is 676. The van der Waals surface area contributed by atoms with Crippen molar-refractivity contribution < 1.29 is 14.9 Å². The quantitative estimate of drug-likeness (QED) is 0.206. The van der Waals surface area contributed by atoms with Gasteiger partial charge in [-0.25, -0.2) is 0 Å². The third-order valence-electron chi connectivity index (χ3n) is 3.87. The summed E-state index contributed by atoms with van der Waals surface area (Å²) in [7, 11) is 0. The summed E-state index contributed by atoms with van der Waals surface area (Å²) in [6.45, 7) is 6.95. The van der Waals surface area contributed by atoms with Crippen LogP contribution in [0.15, 0.2) is 24.3 Å². The van der Waals surface area contributed by atoms with E-state index < -0.39 is 4.92 Å². The van der Waals surface area contributed by atoms with Crippen molar-refractivity contribution in [3.05, 3.63) is 39.9 Å². The van der Waals surface area contributed by atoms with Gasteiger partial charge in [-0.1, -0.05) is 43.4 Å². The maximum absolute atomic E-state index is 10.9. The van der Waals surface area contributed by atoms with E-state index in [2.05, 4.69) is 6.92 Å². The minimum Gasteiger partial charge on any atom is -0.295 e. The number of hydrogen-bond donors (Lipinski definition) is 1. The number of hydrogen-bond acceptors (Lipinski definition) is 5. The van der Waals surface area contributed by atoms with Crippen molar-refractivity contribution >= 4 is 40.2 Å². The van der Waals surface area contributed by atoms with Crippen molar-refractivity contribution in [2.75, 3.05) is 6.54 Å². The Labute approximate surface area is 151 Å². The first-order valence-corrected chi connectivity index (χ1v) is 9.05. The molecule has 1 aliphatic heterocycles. The number of thioether (sulfide) groups is 1. The van der Waals surface area contributed by atoms with Gasteiger partial charge >= 0.3 is 0 Å². The molecule has 1 unspecified atom stereocenters. The van der Waals surface area contributed by atoms with Crippen LogP contribution in [-0.4, -0.2) is 47.8 Å². The molecular formula is C16H22N3O3S2+. The number of hydroxylamine groups is 1. The largest absolute Gasteiger partial charge is 0.295 e. The number of unbranched alkanes of at least 4 members (excludes halogenated alkanes) is 1. The zero-order valence-electron chi connectivity index (χ0n) is 14.0. The van der Waals surface area contributed by atoms with Gasteiger partial charge in [0.15, 0.2) is 0 Å². The second-order valence-corrected chi connectivity index (χ2v) is 8.54. The van der Waals surface area contributed by atoms with E-state index in [1.165, 1.54) is 18.3 Å². The molecule has 1 aromatic rings. The highest BCUT2D eigenvalue weighted by Crippen LogP contribution is 2.41. The molecule has 130 valence electrons. The highest BCUT2D eigenvalue weighted by atomic mass is 32.2. The predicted molar refractivity (Wildman–Crippen MR) is 100.0 cm³/mol. The topological polar surface area (TPSA) is 69.6 Å². The van der Waals surface area contributed by atoms with Crippen molar-refractivity contribution in [1.82, 2.24) is 4.90 Å². The van der Waals surface area contributed by atoms with Gasteiger partial charge in [-0.05, 0) is 31.1 Å². The van der Waals surface area contributed by atoms with Gasteiger partial charge in [-0.2, -0.15) is 0 Å². The normalized spacial score (nSPS) is 20.5. The number of non-ortho nitro benzene ring substituents is 1. The van der Waals surface area contributed by atoms with Crippen LogP contribution in [0.1, 0.15) is 39.2 Å². The Balaban J connectivity index is 2.33. The lowest BCUT2D eigenvalue weighted by Crippen LogP contribution is -2.49. The molecule has 6 nitrogen and oxygen atoms in total. The first-order valence-electron chi connectivity index (χ1n) is 7.82. The second-order valence-electron chi connectivity index (χ2n) is 6.25. The lowest BCUT2D eigenvalue weighted by molar-refractivity contribution is -0.808. The molecule has 0 spiro atoms. The molecule has 8 heteroatoms. The lowest BCUT2D eigenvalue weighted by Gasteiger charge is -2.25. The van der Waals surface area contributed by atoms with E-state index in [9.17, 15) is 15.3 Å². The highest BCUT2D eigenvalue weighted by molar-refractivity contribution is 8.24. The SMILES string of the molecule is CCCCN1C(=S)SC(C)(C)C1[N+](O)=Cc1cccc([N+](=O)[O-])c1. The lowest BCUT2D eigenvalue weighted by atomic mass is 10.1. The Hall–Kier alpha value is -1.67. The maximum atomic E-state index is 10.9. The summed E-state index contributed by atoms with van der Waals surface area (Å²) < 4.78 is 1.60. The predicted octanol–water partition coefficient (Wildman–Crippen LogP) is 3.65. The molecule has 0 amide bonds. The molecule has 0 bridgehead atoms. The van der Waals surface area contributed by atoms with Gasteiger partial charge in [0.1, 0.15) is 9.07 Å². The van der Waals surface area contributed by atoms with Gasteiger partial charge in [0.05, 0.1) is 4.92 Å². The summed E-state index contributed by atoms with van der Waals surface area (Å²) in [5.74, 6) is 0. The highest BCUT2D eigenvalue weighted by Gasteiger charge is 2.52. The summed E-state index contributed by atoms with van der Waals surface area (Å²) in [6.07, 6.45) is 3.22. The van der Waals surface area contributed by atoms with Crippen LogP contribution in [-0.2, 0) is 0 Å². The van der Waals surface area contributed by atoms with Crippen LogP contribution in [0, 0.1) is 10.1 Å². The van der Waals surface area contributed by atoms with Crippen LogP contribution in [0.25, 0.3) is 0 Å². The molecule has 1 saturated heterocycles. The van der Waals surface area contributed by atoms with E-state index in [1.807, 2.05) is 18.7 Å². The second kappa shape index (κ2) is 7.48. The van der Waals surface area contributed by atoms with Crippen molar-refractivity contribution in [2.24, 2.45) is 0 Å². The number of rotatable bonds is 6. The first kappa shape index (κ1) is 18.7. The van der Waals surface area contributed by atoms with Crippen LogP contribution in [0.4, 0.5) is 5.69 Å². The monoisotopic (exact) mass is 368 g/mol. The number of nitro benzene ring substituents is 1. The van der Waals surface area contributed by atoms with Crippen molar-refractivity contribution in [3.63, 3.8) is 0 Å². The fourth-order valence-corrected chi connectivity index (χ4v) is 4.69. The molecule has 1 aromatic carbocycles. The first-order chi connectivity index (χ1) is 11.3. The molecule has 1 heterocycles. The summed E-state index contributed by atoms with van der Waals surface area (Å²) in [6, 6.07) is 6.19. The van der Waals surface area contributed by atoms with Crippen molar-refractivity contribution in [1.29, 1.82) is 0 Å². The van der Waals surface area contributed by atoms with E-state index in [1.54, 1.807) is 23.9 Å². The molecular weight excluding hydrogens is 346 g/mol. The smallest absolute Gasteiger partial charge is 0.292 e. The van der Waals surface area contributed by atoms with Gasteiger partial charge in [0.2, 0.25) is 6.21 Å². The van der Waals surface area contributed by atoms with Gasteiger partial charge in [0.25, 0.3) is 11.9 Å². The molecule has 1 fully saturated rings. The standard InChI is InChI=1S/C16H22N3O3S2/c1-4-5-9-17-14(16(2,3)24-15(17)23)18(20)11-12-7-6-8-13(10-12)19(21)22/h6-8,10-11,14,20H,4-5,9H2,1-3H3/q+1. The van der Waals surface area contributed by atoms with E-state index in [0.29, 0.717) is 5.56 Å². The van der Waals surface area contributed by atoms with Crippen molar-refractivity contribution in [2.45, 2.75) is 44.5 Å². The van der Waals surface area contributed by atoms with Crippen molar-refractivity contribution in [3.8, 4) is 0 Å². The zero-order chi connectivity index (χ0) is 17.9. The summed E-state index contributed by atoms with van der Waals surface area (Å²) >= 11 is 7.03.